The standard InChI is InChI=1S/C21H21N3O2/c25-20(17-12-18(17)21(26)24-15-6-2-1-3-7-15)22-11-10-14-13-23-19-9-5-4-8-16(14)19/h1-9,13,17-18,23H,10-12H2,(H,22,25)(H,24,26). The molecule has 1 heterocycles. The zero-order valence-electron chi connectivity index (χ0n) is 14.4. The highest BCUT2D eigenvalue weighted by molar-refractivity contribution is 5.99. The fraction of sp³-hybridized carbons (Fsp3) is 0.238. The first-order valence-corrected chi connectivity index (χ1v) is 8.91. The first-order chi connectivity index (χ1) is 12.7. The molecule has 0 spiro atoms. The number of hydrogen-bond donors (Lipinski definition) is 3. The first-order valence-electron chi connectivity index (χ1n) is 8.91. The Bertz CT molecular complexity index is 933. The van der Waals surface area contributed by atoms with Crippen LogP contribution in [0.15, 0.2) is 60.8 Å². The summed E-state index contributed by atoms with van der Waals surface area (Å²) in [5, 5.41) is 7.02. The van der Waals surface area contributed by atoms with Crippen molar-refractivity contribution in [2.24, 2.45) is 11.8 Å². The Morgan fingerprint density at radius 2 is 1.69 bits per heavy atom. The lowest BCUT2D eigenvalue weighted by atomic mass is 10.1. The van der Waals surface area contributed by atoms with E-state index in [-0.39, 0.29) is 23.7 Å². The second-order valence-electron chi connectivity index (χ2n) is 6.70. The topological polar surface area (TPSA) is 74.0 Å². The summed E-state index contributed by atoms with van der Waals surface area (Å²) in [5.41, 5.74) is 3.06. The Balaban J connectivity index is 1.25. The number of nitrogens with one attached hydrogen (secondary N) is 3. The lowest BCUT2D eigenvalue weighted by Crippen LogP contribution is -2.29. The number of benzene rings is 2. The van der Waals surface area contributed by atoms with E-state index in [0.717, 1.165) is 17.6 Å². The van der Waals surface area contributed by atoms with Gasteiger partial charge in [-0.2, -0.15) is 0 Å². The number of fused-ring (bicyclic) bond motifs is 1. The lowest BCUT2D eigenvalue weighted by Gasteiger charge is -2.06. The van der Waals surface area contributed by atoms with E-state index in [0.29, 0.717) is 13.0 Å². The molecule has 0 aliphatic heterocycles. The van der Waals surface area contributed by atoms with Gasteiger partial charge in [0.2, 0.25) is 11.8 Å². The lowest BCUT2D eigenvalue weighted by molar-refractivity contribution is -0.125. The fourth-order valence-electron chi connectivity index (χ4n) is 3.32. The Labute approximate surface area is 151 Å². The molecule has 5 nitrogen and oxygen atoms in total. The summed E-state index contributed by atoms with van der Waals surface area (Å²) in [6.07, 6.45) is 3.38. The van der Waals surface area contributed by atoms with E-state index in [4.69, 9.17) is 0 Å². The Hall–Kier alpha value is -3.08. The van der Waals surface area contributed by atoms with Crippen LogP contribution in [0.1, 0.15) is 12.0 Å². The molecule has 0 radical (unpaired) electrons. The van der Waals surface area contributed by atoms with Crippen molar-refractivity contribution in [3.63, 3.8) is 0 Å². The van der Waals surface area contributed by atoms with Crippen molar-refractivity contribution in [2.75, 3.05) is 11.9 Å². The predicted octanol–water partition coefficient (Wildman–Crippen LogP) is 3.10. The Kier molecular flexibility index (Phi) is 4.44. The van der Waals surface area contributed by atoms with Crippen molar-refractivity contribution >= 4 is 28.4 Å². The number of H-pyrrole nitrogens is 1. The molecule has 1 fully saturated rings. The second-order valence-corrected chi connectivity index (χ2v) is 6.70. The molecule has 2 unspecified atom stereocenters. The highest BCUT2D eigenvalue weighted by Gasteiger charge is 2.47. The summed E-state index contributed by atoms with van der Waals surface area (Å²) in [6, 6.07) is 17.5. The number of amides is 2. The average Bonchev–Trinajstić information content (AvgIpc) is 3.38. The van der Waals surface area contributed by atoms with Gasteiger partial charge in [0, 0.05) is 29.3 Å². The normalized spacial score (nSPS) is 18.5. The maximum atomic E-state index is 12.3. The molecule has 0 bridgehead atoms. The number of aromatic nitrogens is 1. The second kappa shape index (κ2) is 7.04. The number of rotatable bonds is 6. The van der Waals surface area contributed by atoms with Crippen LogP contribution in [0.4, 0.5) is 5.69 Å². The zero-order valence-corrected chi connectivity index (χ0v) is 14.4. The smallest absolute Gasteiger partial charge is 0.228 e. The van der Waals surface area contributed by atoms with Crippen molar-refractivity contribution in [1.29, 1.82) is 0 Å². The molecular formula is C21H21N3O2. The van der Waals surface area contributed by atoms with Crippen molar-refractivity contribution in [3.05, 3.63) is 66.4 Å². The minimum Gasteiger partial charge on any atom is -0.361 e. The highest BCUT2D eigenvalue weighted by Crippen LogP contribution is 2.39. The summed E-state index contributed by atoms with van der Waals surface area (Å²) in [6.45, 7) is 0.574. The molecule has 2 atom stereocenters. The van der Waals surface area contributed by atoms with E-state index in [1.54, 1.807) is 0 Å². The molecule has 2 amide bonds. The van der Waals surface area contributed by atoms with Crippen LogP contribution in [-0.2, 0) is 16.0 Å². The van der Waals surface area contributed by atoms with Gasteiger partial charge >= 0.3 is 0 Å². The van der Waals surface area contributed by atoms with Crippen LogP contribution in [0, 0.1) is 11.8 Å². The summed E-state index contributed by atoms with van der Waals surface area (Å²) >= 11 is 0. The summed E-state index contributed by atoms with van der Waals surface area (Å²) < 4.78 is 0. The number of aromatic amines is 1. The fourth-order valence-corrected chi connectivity index (χ4v) is 3.32. The van der Waals surface area contributed by atoms with Gasteiger partial charge in [0.25, 0.3) is 0 Å². The van der Waals surface area contributed by atoms with Gasteiger partial charge in [-0.1, -0.05) is 36.4 Å². The van der Waals surface area contributed by atoms with E-state index in [9.17, 15) is 9.59 Å². The van der Waals surface area contributed by atoms with Crippen LogP contribution in [0.3, 0.4) is 0 Å². The molecule has 0 saturated heterocycles. The SMILES string of the molecule is O=C(NCCc1c[nH]c2ccccc12)C1CC1C(=O)Nc1ccccc1. The molecular weight excluding hydrogens is 326 g/mol. The summed E-state index contributed by atoms with van der Waals surface area (Å²) in [4.78, 5) is 27.7. The van der Waals surface area contributed by atoms with E-state index in [1.807, 2.05) is 54.7 Å². The average molecular weight is 347 g/mol. The number of carbonyl (C=O) groups excluding carboxylic acids is 2. The quantitative estimate of drug-likeness (QED) is 0.641. The minimum absolute atomic E-state index is 0.0296. The van der Waals surface area contributed by atoms with E-state index in [1.165, 1.54) is 10.9 Å². The Morgan fingerprint density at radius 3 is 2.54 bits per heavy atom. The third kappa shape index (κ3) is 3.47. The van der Waals surface area contributed by atoms with Gasteiger partial charge < -0.3 is 15.6 Å². The van der Waals surface area contributed by atoms with Crippen molar-refractivity contribution in [3.8, 4) is 0 Å². The molecule has 1 aliphatic rings. The number of hydrogen-bond acceptors (Lipinski definition) is 2. The molecule has 132 valence electrons. The van der Waals surface area contributed by atoms with Crippen molar-refractivity contribution in [1.82, 2.24) is 10.3 Å². The van der Waals surface area contributed by atoms with E-state index in [2.05, 4.69) is 21.7 Å². The molecule has 3 N–H and O–H groups in total. The Morgan fingerprint density at radius 1 is 0.962 bits per heavy atom. The monoisotopic (exact) mass is 347 g/mol. The summed E-state index contributed by atoms with van der Waals surface area (Å²) in [7, 11) is 0. The molecule has 1 saturated carbocycles. The number of anilines is 1. The van der Waals surface area contributed by atoms with Gasteiger partial charge in [0.15, 0.2) is 0 Å². The van der Waals surface area contributed by atoms with Crippen LogP contribution in [0.2, 0.25) is 0 Å². The minimum atomic E-state index is -0.219. The maximum absolute atomic E-state index is 12.3. The molecule has 3 aromatic rings. The van der Waals surface area contributed by atoms with Gasteiger partial charge in [0.1, 0.15) is 0 Å². The molecule has 1 aliphatic carbocycles. The largest absolute Gasteiger partial charge is 0.361 e. The third-order valence-electron chi connectivity index (χ3n) is 4.87. The molecule has 1 aromatic heterocycles. The zero-order chi connectivity index (χ0) is 17.9. The van der Waals surface area contributed by atoms with Crippen LogP contribution >= 0.6 is 0 Å². The third-order valence-corrected chi connectivity index (χ3v) is 4.87. The number of para-hydroxylation sites is 2. The predicted molar refractivity (Wildman–Crippen MR) is 102 cm³/mol. The molecule has 4 rings (SSSR count). The molecule has 2 aromatic carbocycles. The van der Waals surface area contributed by atoms with Crippen LogP contribution in [0.25, 0.3) is 10.9 Å². The van der Waals surface area contributed by atoms with Crippen molar-refractivity contribution < 1.29 is 9.59 Å². The maximum Gasteiger partial charge on any atom is 0.228 e. The van der Waals surface area contributed by atoms with Crippen molar-refractivity contribution in [2.45, 2.75) is 12.8 Å². The van der Waals surface area contributed by atoms with Crippen LogP contribution in [-0.4, -0.2) is 23.3 Å². The van der Waals surface area contributed by atoms with Gasteiger partial charge in [-0.15, -0.1) is 0 Å². The van der Waals surface area contributed by atoms with Gasteiger partial charge in [-0.05, 0) is 36.6 Å². The number of carbonyl (C=O) groups is 2. The first kappa shape index (κ1) is 16.4. The highest BCUT2D eigenvalue weighted by atomic mass is 16.2. The summed E-state index contributed by atoms with van der Waals surface area (Å²) in [5.74, 6) is -0.531. The van der Waals surface area contributed by atoms with Crippen LogP contribution in [0.5, 0.6) is 0 Å². The van der Waals surface area contributed by atoms with E-state index < -0.39 is 0 Å². The van der Waals surface area contributed by atoms with Gasteiger partial charge in [0.05, 0.1) is 11.8 Å². The van der Waals surface area contributed by atoms with Gasteiger partial charge in [-0.25, -0.2) is 0 Å². The molecule has 26 heavy (non-hydrogen) atoms. The van der Waals surface area contributed by atoms with Gasteiger partial charge in [-0.3, -0.25) is 9.59 Å². The van der Waals surface area contributed by atoms with E-state index >= 15 is 0 Å². The van der Waals surface area contributed by atoms with Crippen LogP contribution < -0.4 is 10.6 Å². The molecule has 5 heteroatoms.